The van der Waals surface area contributed by atoms with Crippen LogP contribution in [0.4, 0.5) is 5.69 Å². The number of hydrogen-bond acceptors (Lipinski definition) is 4. The molecule has 0 bridgehead atoms. The maximum atomic E-state index is 8.89. The van der Waals surface area contributed by atoms with Crippen molar-refractivity contribution in [3.63, 3.8) is 0 Å². The first kappa shape index (κ1) is 12.0. The van der Waals surface area contributed by atoms with Crippen LogP contribution in [-0.4, -0.2) is 4.98 Å². The highest BCUT2D eigenvalue weighted by atomic mass is 16.5. The van der Waals surface area contributed by atoms with Gasteiger partial charge in [-0.3, -0.25) is 0 Å². The number of pyridine rings is 1. The molecule has 2 N–H and O–H groups in total. The van der Waals surface area contributed by atoms with Crippen LogP contribution in [0.1, 0.15) is 5.56 Å². The van der Waals surface area contributed by atoms with Crippen LogP contribution < -0.4 is 10.5 Å². The number of nitrogens with two attached hydrogens (primary N) is 1. The van der Waals surface area contributed by atoms with Crippen LogP contribution in [0.2, 0.25) is 0 Å². The smallest absolute Gasteiger partial charge is 0.220 e. The van der Waals surface area contributed by atoms with Gasteiger partial charge < -0.3 is 10.5 Å². The summed E-state index contributed by atoms with van der Waals surface area (Å²) >= 11 is 0. The van der Waals surface area contributed by atoms with Gasteiger partial charge in [0.1, 0.15) is 5.75 Å². The van der Waals surface area contributed by atoms with E-state index in [-0.39, 0.29) is 0 Å². The quantitative estimate of drug-likeness (QED) is 0.717. The molecule has 0 atom stereocenters. The maximum absolute atomic E-state index is 8.89. The van der Waals surface area contributed by atoms with Crippen LogP contribution >= 0.6 is 0 Å². The zero-order valence-electron chi connectivity index (χ0n) is 10.6. The average molecular weight is 261 g/mol. The zero-order chi connectivity index (χ0) is 13.9. The maximum Gasteiger partial charge on any atom is 0.220 e. The van der Waals surface area contributed by atoms with Gasteiger partial charge in [-0.25, -0.2) is 4.98 Å². The van der Waals surface area contributed by atoms with Crippen molar-refractivity contribution in [1.82, 2.24) is 4.98 Å². The topological polar surface area (TPSA) is 71.9 Å². The van der Waals surface area contributed by atoms with Crippen LogP contribution in [0.15, 0.2) is 54.7 Å². The second kappa shape index (κ2) is 4.90. The monoisotopic (exact) mass is 261 g/mol. The summed E-state index contributed by atoms with van der Waals surface area (Å²) in [6.45, 7) is 0. The first-order valence-electron chi connectivity index (χ1n) is 6.09. The highest BCUT2D eigenvalue weighted by Gasteiger charge is 2.06. The predicted molar refractivity (Wildman–Crippen MR) is 77.4 cm³/mol. The van der Waals surface area contributed by atoms with Crippen molar-refractivity contribution in [3.8, 4) is 17.7 Å². The summed E-state index contributed by atoms with van der Waals surface area (Å²) in [5.41, 5.74) is 7.16. The van der Waals surface area contributed by atoms with E-state index in [1.807, 2.05) is 24.3 Å². The molecular weight excluding hydrogens is 250 g/mol. The molecule has 0 unspecified atom stereocenters. The number of rotatable bonds is 2. The Morgan fingerprint density at radius 1 is 1.05 bits per heavy atom. The molecule has 2 aromatic carbocycles. The van der Waals surface area contributed by atoms with Crippen molar-refractivity contribution in [3.05, 3.63) is 60.3 Å². The zero-order valence-corrected chi connectivity index (χ0v) is 10.6. The van der Waals surface area contributed by atoms with Crippen molar-refractivity contribution in [2.45, 2.75) is 0 Å². The van der Waals surface area contributed by atoms with Crippen molar-refractivity contribution < 1.29 is 4.74 Å². The molecule has 0 aliphatic rings. The van der Waals surface area contributed by atoms with Gasteiger partial charge in [0.15, 0.2) is 0 Å². The van der Waals surface area contributed by atoms with Gasteiger partial charge in [-0.2, -0.15) is 5.26 Å². The lowest BCUT2D eigenvalue weighted by Crippen LogP contribution is -1.92. The van der Waals surface area contributed by atoms with Crippen molar-refractivity contribution in [2.24, 2.45) is 0 Å². The lowest BCUT2D eigenvalue weighted by Gasteiger charge is -2.09. The summed E-state index contributed by atoms with van der Waals surface area (Å²) in [6, 6.07) is 16.6. The molecule has 3 aromatic rings. The molecule has 0 saturated carbocycles. The van der Waals surface area contributed by atoms with Gasteiger partial charge in [0.2, 0.25) is 5.88 Å². The molecule has 0 radical (unpaired) electrons. The first-order chi connectivity index (χ1) is 9.78. The molecule has 20 heavy (non-hydrogen) atoms. The Morgan fingerprint density at radius 3 is 2.65 bits per heavy atom. The van der Waals surface area contributed by atoms with Crippen LogP contribution in [0.25, 0.3) is 10.8 Å². The highest BCUT2D eigenvalue weighted by molar-refractivity contribution is 5.97. The van der Waals surface area contributed by atoms with E-state index in [0.717, 1.165) is 10.8 Å². The number of benzene rings is 2. The molecule has 0 amide bonds. The Labute approximate surface area is 116 Å². The van der Waals surface area contributed by atoms with E-state index >= 15 is 0 Å². The van der Waals surface area contributed by atoms with Crippen molar-refractivity contribution >= 4 is 16.5 Å². The molecule has 4 heteroatoms. The summed E-state index contributed by atoms with van der Waals surface area (Å²) in [5, 5.41) is 10.7. The van der Waals surface area contributed by atoms with Crippen LogP contribution in [-0.2, 0) is 0 Å². The fourth-order valence-corrected chi connectivity index (χ4v) is 2.03. The van der Waals surface area contributed by atoms with Gasteiger partial charge in [0.05, 0.1) is 11.6 Å². The number of hydrogen-bond donors (Lipinski definition) is 1. The fourth-order valence-electron chi connectivity index (χ4n) is 2.03. The van der Waals surface area contributed by atoms with Gasteiger partial charge in [0.25, 0.3) is 0 Å². The highest BCUT2D eigenvalue weighted by Crippen LogP contribution is 2.32. The van der Waals surface area contributed by atoms with Crippen molar-refractivity contribution in [1.29, 1.82) is 5.26 Å². The number of ether oxygens (including phenoxy) is 1. The van der Waals surface area contributed by atoms with Gasteiger partial charge >= 0.3 is 0 Å². The summed E-state index contributed by atoms with van der Waals surface area (Å²) in [6.07, 6.45) is 1.55. The van der Waals surface area contributed by atoms with E-state index in [2.05, 4.69) is 11.1 Å². The number of nitrogen functional groups attached to an aromatic ring is 1. The van der Waals surface area contributed by atoms with Gasteiger partial charge in [-0.05, 0) is 18.2 Å². The minimum absolute atomic E-state index is 0.388. The minimum Gasteiger partial charge on any atom is -0.438 e. The summed E-state index contributed by atoms with van der Waals surface area (Å²) in [4.78, 5) is 4.11. The number of nitriles is 1. The lowest BCUT2D eigenvalue weighted by molar-refractivity contribution is 0.468. The number of fused-ring (bicyclic) bond motifs is 1. The Balaban J connectivity index is 2.07. The molecule has 3 rings (SSSR count). The molecule has 1 heterocycles. The van der Waals surface area contributed by atoms with E-state index < -0.39 is 0 Å². The fraction of sp³-hybridized carbons (Fsp3) is 0. The molecule has 4 nitrogen and oxygen atoms in total. The van der Waals surface area contributed by atoms with E-state index in [4.69, 9.17) is 15.7 Å². The van der Waals surface area contributed by atoms with E-state index in [1.165, 1.54) is 0 Å². The summed E-state index contributed by atoms with van der Waals surface area (Å²) in [5.74, 6) is 1.05. The van der Waals surface area contributed by atoms with Gasteiger partial charge in [0, 0.05) is 28.7 Å². The average Bonchev–Trinajstić information content (AvgIpc) is 2.51. The summed E-state index contributed by atoms with van der Waals surface area (Å²) < 4.78 is 5.77. The molecule has 1 aromatic heterocycles. The van der Waals surface area contributed by atoms with E-state index in [9.17, 15) is 0 Å². The molecule has 0 fully saturated rings. The molecule has 0 spiro atoms. The Bertz CT molecular complexity index is 821. The summed E-state index contributed by atoms with van der Waals surface area (Å²) in [7, 11) is 0. The Hall–Kier alpha value is -3.06. The van der Waals surface area contributed by atoms with Gasteiger partial charge in [-0.1, -0.05) is 24.3 Å². The predicted octanol–water partition coefficient (Wildman–Crippen LogP) is 3.48. The molecule has 96 valence electrons. The largest absolute Gasteiger partial charge is 0.438 e. The SMILES string of the molecule is N#Cc1ccnc(Oc2ccc(N)c3ccccc23)c1. The molecular formula is C16H11N3O. The number of nitrogens with zero attached hydrogens (tertiary/aromatic N) is 2. The minimum atomic E-state index is 0.388. The molecule has 0 aliphatic heterocycles. The first-order valence-corrected chi connectivity index (χ1v) is 6.09. The molecule has 0 saturated heterocycles. The second-order valence-electron chi connectivity index (χ2n) is 4.30. The van der Waals surface area contributed by atoms with E-state index in [0.29, 0.717) is 22.9 Å². The lowest BCUT2D eigenvalue weighted by atomic mass is 10.1. The standard InChI is InChI=1S/C16H11N3O/c17-10-11-7-8-19-16(9-11)20-15-6-5-14(18)12-3-1-2-4-13(12)15/h1-9H,18H2. The third-order valence-electron chi connectivity index (χ3n) is 3.00. The molecule has 0 aliphatic carbocycles. The van der Waals surface area contributed by atoms with Crippen LogP contribution in [0, 0.1) is 11.3 Å². The Morgan fingerprint density at radius 2 is 1.85 bits per heavy atom. The van der Waals surface area contributed by atoms with E-state index in [1.54, 1.807) is 30.5 Å². The normalized spacial score (nSPS) is 10.2. The van der Waals surface area contributed by atoms with Crippen LogP contribution in [0.5, 0.6) is 11.6 Å². The number of anilines is 1. The Kier molecular flexibility index (Phi) is 2.94. The van der Waals surface area contributed by atoms with Crippen LogP contribution in [0.3, 0.4) is 0 Å². The second-order valence-corrected chi connectivity index (χ2v) is 4.30. The third-order valence-corrected chi connectivity index (χ3v) is 3.00. The van der Waals surface area contributed by atoms with Gasteiger partial charge in [-0.15, -0.1) is 0 Å². The third kappa shape index (κ3) is 2.13. The van der Waals surface area contributed by atoms with Crippen molar-refractivity contribution in [2.75, 3.05) is 5.73 Å². The number of aromatic nitrogens is 1.